The Bertz CT molecular complexity index is 1440. The van der Waals surface area contributed by atoms with Gasteiger partial charge in [0.2, 0.25) is 5.91 Å². The maximum Gasteiger partial charge on any atom is 0.272 e. The first-order valence-corrected chi connectivity index (χ1v) is 17.4. The molecule has 11 nitrogen and oxygen atoms in total. The van der Waals surface area contributed by atoms with Crippen molar-refractivity contribution in [2.24, 2.45) is 11.3 Å². The van der Waals surface area contributed by atoms with Crippen LogP contribution in [0.3, 0.4) is 0 Å². The van der Waals surface area contributed by atoms with Crippen LogP contribution < -0.4 is 0 Å². The molecule has 3 aliphatic heterocycles. The van der Waals surface area contributed by atoms with Crippen LogP contribution in [0.1, 0.15) is 85.3 Å². The number of amides is 3. The number of carbonyl (C=O) groups is 3. The highest BCUT2D eigenvalue weighted by molar-refractivity contribution is 5.95. The minimum absolute atomic E-state index is 0.0287. The Hall–Kier alpha value is -3.41. The SMILES string of the molecule is CCC(CC)C[C@H]1ON(C(=O)/C=C/c2cnc3ccccc3n2)[C@H]2CN([C@@H]3CCN(CCCCO)C3)C(=O)[C@H](CC(C)(C)C)N2C1=O. The fourth-order valence-corrected chi connectivity index (χ4v) is 7.14. The number of fused-ring (bicyclic) bond motifs is 2. The zero-order valence-electron chi connectivity index (χ0n) is 28.7. The first kappa shape index (κ1) is 34.9. The van der Waals surface area contributed by atoms with Crippen molar-refractivity contribution < 1.29 is 24.3 Å². The molecule has 2 aromatic rings. The summed E-state index contributed by atoms with van der Waals surface area (Å²) >= 11 is 0. The lowest BCUT2D eigenvalue weighted by atomic mass is 9.85. The molecule has 11 heteroatoms. The Balaban J connectivity index is 1.46. The zero-order chi connectivity index (χ0) is 33.7. The fraction of sp³-hybridized carbons (Fsp3) is 0.639. The highest BCUT2D eigenvalue weighted by atomic mass is 16.7. The Morgan fingerprint density at radius 2 is 1.83 bits per heavy atom. The number of hydroxylamine groups is 2. The first-order chi connectivity index (χ1) is 22.5. The third-order valence-corrected chi connectivity index (χ3v) is 9.79. The van der Waals surface area contributed by atoms with Crippen LogP contribution in [-0.2, 0) is 19.2 Å². The average Bonchev–Trinajstić information content (AvgIpc) is 3.52. The zero-order valence-corrected chi connectivity index (χ0v) is 28.7. The molecule has 1 aromatic carbocycles. The lowest BCUT2D eigenvalue weighted by Gasteiger charge is -2.54. The average molecular weight is 649 g/mol. The summed E-state index contributed by atoms with van der Waals surface area (Å²) in [6.07, 6.45) is 8.26. The van der Waals surface area contributed by atoms with Gasteiger partial charge >= 0.3 is 0 Å². The van der Waals surface area contributed by atoms with Gasteiger partial charge in [-0.1, -0.05) is 59.6 Å². The second kappa shape index (κ2) is 15.2. The monoisotopic (exact) mass is 648 g/mol. The van der Waals surface area contributed by atoms with E-state index in [1.54, 1.807) is 17.2 Å². The smallest absolute Gasteiger partial charge is 0.272 e. The molecule has 0 spiro atoms. The second-order valence-electron chi connectivity index (χ2n) is 14.5. The van der Waals surface area contributed by atoms with Crippen LogP contribution in [0.4, 0.5) is 0 Å². The number of aliphatic hydroxyl groups is 1. The van der Waals surface area contributed by atoms with Crippen LogP contribution in [-0.4, -0.2) is 110 Å². The summed E-state index contributed by atoms with van der Waals surface area (Å²) in [5, 5.41) is 10.6. The quantitative estimate of drug-likeness (QED) is 0.268. The second-order valence-corrected chi connectivity index (χ2v) is 14.5. The molecule has 0 radical (unpaired) electrons. The summed E-state index contributed by atoms with van der Waals surface area (Å²) < 4.78 is 0. The topological polar surface area (TPSA) is 119 Å². The van der Waals surface area contributed by atoms with Gasteiger partial charge in [-0.05, 0) is 68.2 Å². The highest BCUT2D eigenvalue weighted by Gasteiger charge is 2.54. The number of nitrogens with zero attached hydrogens (tertiary/aromatic N) is 6. The molecule has 47 heavy (non-hydrogen) atoms. The van der Waals surface area contributed by atoms with Crippen molar-refractivity contribution in [3.63, 3.8) is 0 Å². The van der Waals surface area contributed by atoms with E-state index < -0.39 is 24.2 Å². The molecule has 4 atom stereocenters. The van der Waals surface area contributed by atoms with E-state index in [0.717, 1.165) is 62.8 Å². The number of hydrogen-bond acceptors (Lipinski definition) is 8. The van der Waals surface area contributed by atoms with Crippen LogP contribution >= 0.6 is 0 Å². The van der Waals surface area contributed by atoms with E-state index >= 15 is 0 Å². The lowest BCUT2D eigenvalue weighted by Crippen LogP contribution is -2.74. The lowest BCUT2D eigenvalue weighted by molar-refractivity contribution is -0.276. The van der Waals surface area contributed by atoms with Gasteiger partial charge < -0.3 is 19.8 Å². The summed E-state index contributed by atoms with van der Waals surface area (Å²) in [4.78, 5) is 64.1. The largest absolute Gasteiger partial charge is 0.396 e. The van der Waals surface area contributed by atoms with Gasteiger partial charge in [0.05, 0.1) is 29.5 Å². The van der Waals surface area contributed by atoms with Crippen molar-refractivity contribution in [3.8, 4) is 0 Å². The van der Waals surface area contributed by atoms with Gasteiger partial charge in [0.25, 0.3) is 11.8 Å². The molecule has 0 saturated carbocycles. The van der Waals surface area contributed by atoms with Gasteiger partial charge in [0.15, 0.2) is 12.3 Å². The highest BCUT2D eigenvalue weighted by Crippen LogP contribution is 2.36. The van der Waals surface area contributed by atoms with Crippen LogP contribution in [0.5, 0.6) is 0 Å². The third kappa shape index (κ3) is 8.18. The summed E-state index contributed by atoms with van der Waals surface area (Å²) in [5.74, 6) is -0.425. The molecular weight excluding hydrogens is 596 g/mol. The van der Waals surface area contributed by atoms with Crippen molar-refractivity contribution in [2.45, 2.75) is 104 Å². The number of unbranched alkanes of at least 4 members (excludes halogenated alkanes) is 1. The van der Waals surface area contributed by atoms with E-state index in [9.17, 15) is 19.5 Å². The fourth-order valence-electron chi connectivity index (χ4n) is 7.14. The molecule has 256 valence electrons. The summed E-state index contributed by atoms with van der Waals surface area (Å²) in [6.45, 7) is 13.3. The van der Waals surface area contributed by atoms with Gasteiger partial charge in [-0.15, -0.1) is 0 Å². The molecule has 3 amide bonds. The third-order valence-electron chi connectivity index (χ3n) is 9.79. The minimum atomic E-state index is -0.857. The first-order valence-electron chi connectivity index (χ1n) is 17.4. The van der Waals surface area contributed by atoms with Gasteiger partial charge in [-0.3, -0.25) is 24.2 Å². The summed E-state index contributed by atoms with van der Waals surface area (Å²) in [6, 6.07) is 6.83. The molecule has 5 rings (SSSR count). The molecule has 3 aliphatic rings. The molecule has 3 fully saturated rings. The van der Waals surface area contributed by atoms with Crippen LogP contribution in [0, 0.1) is 11.3 Å². The number of aliphatic hydroxyl groups excluding tert-OH is 1. The Morgan fingerprint density at radius 1 is 1.09 bits per heavy atom. The number of piperazine rings is 1. The van der Waals surface area contributed by atoms with E-state index in [1.807, 2.05) is 29.2 Å². The Labute approximate surface area is 278 Å². The van der Waals surface area contributed by atoms with Gasteiger partial charge in [0, 0.05) is 31.8 Å². The summed E-state index contributed by atoms with van der Waals surface area (Å²) in [5.41, 5.74) is 1.79. The van der Waals surface area contributed by atoms with E-state index in [0.29, 0.717) is 18.5 Å². The van der Waals surface area contributed by atoms with Crippen molar-refractivity contribution >= 4 is 34.8 Å². The van der Waals surface area contributed by atoms with E-state index in [1.165, 1.54) is 11.1 Å². The predicted octanol–water partition coefficient (Wildman–Crippen LogP) is 4.26. The molecule has 1 N–H and O–H groups in total. The Kier molecular flexibility index (Phi) is 11.3. The van der Waals surface area contributed by atoms with Crippen molar-refractivity contribution in [3.05, 3.63) is 42.2 Å². The number of para-hydroxylation sites is 2. The van der Waals surface area contributed by atoms with Crippen LogP contribution in [0.15, 0.2) is 36.5 Å². The van der Waals surface area contributed by atoms with Crippen LogP contribution in [0.25, 0.3) is 17.1 Å². The minimum Gasteiger partial charge on any atom is -0.396 e. The maximum atomic E-state index is 14.4. The summed E-state index contributed by atoms with van der Waals surface area (Å²) in [7, 11) is 0. The molecule has 3 saturated heterocycles. The normalized spacial score (nSPS) is 24.3. The van der Waals surface area contributed by atoms with Crippen molar-refractivity contribution in [1.82, 2.24) is 29.7 Å². The Morgan fingerprint density at radius 3 is 2.53 bits per heavy atom. The molecule has 1 aromatic heterocycles. The van der Waals surface area contributed by atoms with E-state index in [-0.39, 0.29) is 42.3 Å². The number of likely N-dealkylation sites (tertiary alicyclic amines) is 1. The predicted molar refractivity (Wildman–Crippen MR) is 180 cm³/mol. The number of carbonyl (C=O) groups excluding carboxylic acids is 3. The number of hydrogen-bond donors (Lipinski definition) is 1. The molecular formula is C36H52N6O5. The van der Waals surface area contributed by atoms with Crippen LogP contribution in [0.2, 0.25) is 0 Å². The number of benzene rings is 1. The molecule has 4 heterocycles. The molecule has 0 unspecified atom stereocenters. The van der Waals surface area contributed by atoms with Crippen molar-refractivity contribution in [2.75, 3.05) is 32.8 Å². The van der Waals surface area contributed by atoms with E-state index in [4.69, 9.17) is 4.84 Å². The number of rotatable bonds is 12. The maximum absolute atomic E-state index is 14.4. The van der Waals surface area contributed by atoms with Crippen molar-refractivity contribution in [1.29, 1.82) is 0 Å². The number of aromatic nitrogens is 2. The van der Waals surface area contributed by atoms with Gasteiger partial charge in [-0.2, -0.15) is 5.06 Å². The standard InChI is InChI=1S/C36H52N6O5/c1-6-25(7-2)20-31-35(46)41-30(21-36(3,4)5)34(45)40(27-16-18-39(23-27)17-10-11-19-43)24-32(41)42(47-31)33(44)15-14-26-22-37-28-12-8-9-13-29(28)38-26/h8-9,12-15,22,25,27,30-32,43H,6-7,10-11,16-21,23-24H2,1-5H3/b15-14+/t27-,30+,31-,32+/m1/s1. The van der Waals surface area contributed by atoms with Gasteiger partial charge in [0.1, 0.15) is 6.04 Å². The molecule has 0 bridgehead atoms. The van der Waals surface area contributed by atoms with E-state index in [2.05, 4.69) is 49.5 Å². The molecule has 0 aliphatic carbocycles. The van der Waals surface area contributed by atoms with Gasteiger partial charge in [-0.25, -0.2) is 4.98 Å².